The molecule has 2 N–H and O–H groups in total. The molecule has 0 fully saturated rings. The van der Waals surface area contributed by atoms with Gasteiger partial charge < -0.3 is 10.4 Å². The Morgan fingerprint density at radius 3 is 2.25 bits per heavy atom. The minimum absolute atomic E-state index is 0.390. The molecule has 4 nitrogen and oxygen atoms in total. The smallest absolute Gasteiger partial charge is 0.134 e. The van der Waals surface area contributed by atoms with Crippen molar-refractivity contribution in [1.82, 2.24) is 9.97 Å². The van der Waals surface area contributed by atoms with E-state index in [2.05, 4.69) is 15.3 Å². The van der Waals surface area contributed by atoms with Crippen LogP contribution in [0.2, 0.25) is 5.15 Å². The first kappa shape index (κ1) is 13.2. The van der Waals surface area contributed by atoms with Crippen molar-refractivity contribution in [2.24, 2.45) is 0 Å². The molecule has 0 aliphatic carbocycles. The van der Waals surface area contributed by atoms with E-state index in [1.165, 1.54) is 0 Å². The van der Waals surface area contributed by atoms with Crippen molar-refractivity contribution >= 4 is 17.4 Å². The van der Waals surface area contributed by atoms with E-state index in [9.17, 15) is 5.11 Å². The van der Waals surface area contributed by atoms with Gasteiger partial charge in [-0.3, -0.25) is 0 Å². The molecule has 0 saturated carbocycles. The summed E-state index contributed by atoms with van der Waals surface area (Å²) >= 11 is 5.84. The normalized spacial score (nSPS) is 12.7. The lowest BCUT2D eigenvalue weighted by Gasteiger charge is -2.38. The number of rotatable bonds is 3. The molecule has 1 aromatic heterocycles. The first-order valence-electron chi connectivity index (χ1n) is 5.13. The highest BCUT2D eigenvalue weighted by Gasteiger charge is 2.35. The number of aliphatic hydroxyl groups is 1. The molecule has 1 heterocycles. The van der Waals surface area contributed by atoms with E-state index in [4.69, 9.17) is 11.6 Å². The average molecular weight is 244 g/mol. The van der Waals surface area contributed by atoms with Gasteiger partial charge in [0.25, 0.3) is 0 Å². The number of nitrogens with zero attached hydrogens (tertiary/aromatic N) is 2. The molecule has 0 radical (unpaired) electrons. The lowest BCUT2D eigenvalue weighted by molar-refractivity contribution is 0.0238. The fourth-order valence-corrected chi connectivity index (χ4v) is 1.29. The Bertz CT molecular complexity index is 365. The first-order chi connectivity index (χ1) is 7.12. The molecule has 0 aliphatic heterocycles. The average Bonchev–Trinajstić information content (AvgIpc) is 1.97. The summed E-state index contributed by atoms with van der Waals surface area (Å²) in [6, 6.07) is 1.64. The second-order valence-corrected chi connectivity index (χ2v) is 5.32. The van der Waals surface area contributed by atoms with Gasteiger partial charge in [-0.05, 0) is 34.6 Å². The number of nitrogens with one attached hydrogen (secondary N) is 1. The van der Waals surface area contributed by atoms with E-state index >= 15 is 0 Å². The van der Waals surface area contributed by atoms with Gasteiger partial charge in [-0.1, -0.05) is 11.6 Å². The number of aromatic nitrogens is 2. The van der Waals surface area contributed by atoms with Crippen molar-refractivity contribution < 1.29 is 5.11 Å². The van der Waals surface area contributed by atoms with Crippen LogP contribution in [-0.2, 0) is 0 Å². The highest BCUT2D eigenvalue weighted by molar-refractivity contribution is 6.29. The van der Waals surface area contributed by atoms with Crippen molar-refractivity contribution in [3.05, 3.63) is 17.0 Å². The van der Waals surface area contributed by atoms with Crippen LogP contribution in [0.15, 0.2) is 6.07 Å². The molecule has 0 aliphatic rings. The molecule has 16 heavy (non-hydrogen) atoms. The first-order valence-corrected chi connectivity index (χ1v) is 5.51. The van der Waals surface area contributed by atoms with E-state index < -0.39 is 11.1 Å². The van der Waals surface area contributed by atoms with E-state index in [-0.39, 0.29) is 0 Å². The molecular formula is C11H18ClN3O. The number of anilines is 1. The molecule has 0 saturated heterocycles. The molecular weight excluding hydrogens is 226 g/mol. The molecule has 0 aromatic carbocycles. The maximum atomic E-state index is 10.0. The Morgan fingerprint density at radius 1 is 1.25 bits per heavy atom. The zero-order valence-electron chi connectivity index (χ0n) is 10.3. The highest BCUT2D eigenvalue weighted by Crippen LogP contribution is 2.25. The summed E-state index contributed by atoms with van der Waals surface area (Å²) in [6.45, 7) is 9.07. The zero-order valence-corrected chi connectivity index (χ0v) is 11.1. The van der Waals surface area contributed by atoms with Gasteiger partial charge in [0.05, 0.1) is 11.1 Å². The highest BCUT2D eigenvalue weighted by atomic mass is 35.5. The van der Waals surface area contributed by atoms with Crippen LogP contribution in [0.3, 0.4) is 0 Å². The minimum atomic E-state index is -0.877. The van der Waals surface area contributed by atoms with Crippen molar-refractivity contribution in [1.29, 1.82) is 0 Å². The van der Waals surface area contributed by atoms with Crippen LogP contribution < -0.4 is 5.32 Å². The lowest BCUT2D eigenvalue weighted by Crippen LogP contribution is -2.51. The standard InChI is InChI=1S/C11H18ClN3O/c1-7-13-8(12)6-9(14-7)15-10(2,3)11(4,5)16/h6,16H,1-5H3,(H,13,14,15). The zero-order chi connectivity index (χ0) is 12.6. The monoisotopic (exact) mass is 243 g/mol. The number of halogens is 1. The summed E-state index contributed by atoms with van der Waals surface area (Å²) in [5, 5.41) is 13.6. The van der Waals surface area contributed by atoms with Gasteiger partial charge in [0, 0.05) is 6.07 Å². The van der Waals surface area contributed by atoms with Crippen LogP contribution in [0.25, 0.3) is 0 Å². The van der Waals surface area contributed by atoms with Gasteiger partial charge in [-0.15, -0.1) is 0 Å². The maximum Gasteiger partial charge on any atom is 0.134 e. The lowest BCUT2D eigenvalue weighted by atomic mass is 9.86. The number of hydrogen-bond donors (Lipinski definition) is 2. The fraction of sp³-hybridized carbons (Fsp3) is 0.636. The fourth-order valence-electron chi connectivity index (χ4n) is 1.07. The Kier molecular flexibility index (Phi) is 3.45. The van der Waals surface area contributed by atoms with Crippen molar-refractivity contribution in [3.63, 3.8) is 0 Å². The summed E-state index contributed by atoms with van der Waals surface area (Å²) in [7, 11) is 0. The predicted molar refractivity (Wildman–Crippen MR) is 65.8 cm³/mol. The SMILES string of the molecule is Cc1nc(Cl)cc(NC(C)(C)C(C)(C)O)n1. The largest absolute Gasteiger partial charge is 0.388 e. The van der Waals surface area contributed by atoms with Crippen molar-refractivity contribution in [2.45, 2.75) is 45.8 Å². The van der Waals surface area contributed by atoms with Gasteiger partial charge in [0.2, 0.25) is 0 Å². The Hall–Kier alpha value is -0.870. The van der Waals surface area contributed by atoms with Gasteiger partial charge in [-0.2, -0.15) is 0 Å². The Labute approximate surface area is 101 Å². The molecule has 0 atom stereocenters. The third-order valence-electron chi connectivity index (χ3n) is 2.78. The van der Waals surface area contributed by atoms with E-state index in [0.717, 1.165) is 0 Å². The molecule has 0 unspecified atom stereocenters. The third kappa shape index (κ3) is 3.06. The van der Waals surface area contributed by atoms with Crippen LogP contribution in [-0.4, -0.2) is 26.2 Å². The van der Waals surface area contributed by atoms with Crippen LogP contribution >= 0.6 is 11.6 Å². The van der Waals surface area contributed by atoms with Crippen LogP contribution in [0, 0.1) is 6.92 Å². The summed E-state index contributed by atoms with van der Waals surface area (Å²) in [5.74, 6) is 1.21. The molecule has 0 spiro atoms. The molecule has 1 aromatic rings. The second-order valence-electron chi connectivity index (χ2n) is 4.93. The summed E-state index contributed by atoms with van der Waals surface area (Å²) in [4.78, 5) is 8.19. The molecule has 0 bridgehead atoms. The Balaban J connectivity index is 2.96. The topological polar surface area (TPSA) is 58.0 Å². The molecule has 0 amide bonds. The van der Waals surface area contributed by atoms with E-state index in [0.29, 0.717) is 16.8 Å². The van der Waals surface area contributed by atoms with Gasteiger partial charge >= 0.3 is 0 Å². The molecule has 1 rings (SSSR count). The summed E-state index contributed by atoms with van der Waals surface area (Å²) in [5.41, 5.74) is -1.39. The van der Waals surface area contributed by atoms with Crippen LogP contribution in [0.4, 0.5) is 5.82 Å². The quantitative estimate of drug-likeness (QED) is 0.801. The second kappa shape index (κ2) is 4.18. The summed E-state index contributed by atoms with van der Waals surface area (Å²) < 4.78 is 0. The van der Waals surface area contributed by atoms with Gasteiger partial charge in [-0.25, -0.2) is 9.97 Å². The van der Waals surface area contributed by atoms with Crippen molar-refractivity contribution in [3.8, 4) is 0 Å². The van der Waals surface area contributed by atoms with Gasteiger partial charge in [0.1, 0.15) is 16.8 Å². The molecule has 90 valence electrons. The van der Waals surface area contributed by atoms with Crippen LogP contribution in [0.1, 0.15) is 33.5 Å². The van der Waals surface area contributed by atoms with Gasteiger partial charge in [0.15, 0.2) is 0 Å². The molecule has 5 heteroatoms. The maximum absolute atomic E-state index is 10.0. The number of aryl methyl sites for hydroxylation is 1. The predicted octanol–water partition coefficient (Wildman–Crippen LogP) is 2.40. The van der Waals surface area contributed by atoms with E-state index in [1.807, 2.05) is 13.8 Å². The van der Waals surface area contributed by atoms with Crippen LogP contribution in [0.5, 0.6) is 0 Å². The van der Waals surface area contributed by atoms with E-state index in [1.54, 1.807) is 26.8 Å². The third-order valence-corrected chi connectivity index (χ3v) is 2.97. The van der Waals surface area contributed by atoms with Crippen molar-refractivity contribution in [2.75, 3.05) is 5.32 Å². The minimum Gasteiger partial charge on any atom is -0.388 e. The Morgan fingerprint density at radius 2 is 1.81 bits per heavy atom. The summed E-state index contributed by atoms with van der Waals surface area (Å²) in [6.07, 6.45) is 0. The number of hydrogen-bond acceptors (Lipinski definition) is 4.